The first-order valence-electron chi connectivity index (χ1n) is 7.11. The zero-order chi connectivity index (χ0) is 15.1. The summed E-state index contributed by atoms with van der Waals surface area (Å²) in [4.78, 5) is 22.5. The Hall–Kier alpha value is -2.08. The Morgan fingerprint density at radius 3 is 2.86 bits per heavy atom. The van der Waals surface area contributed by atoms with Gasteiger partial charge in [-0.3, -0.25) is 0 Å². The lowest BCUT2D eigenvalue weighted by Gasteiger charge is -2.08. The van der Waals surface area contributed by atoms with E-state index in [1.54, 1.807) is 12.1 Å². The molecule has 0 spiro atoms. The number of carboxylic acid groups (broad SMARTS) is 1. The molecule has 0 unspecified atom stereocenters. The van der Waals surface area contributed by atoms with Crippen LogP contribution >= 0.6 is 0 Å². The number of anilines is 1. The molecule has 3 N–H and O–H groups in total. The van der Waals surface area contributed by atoms with Crippen molar-refractivity contribution >= 4 is 17.7 Å². The summed E-state index contributed by atoms with van der Waals surface area (Å²) in [6.45, 7) is 1.99. The van der Waals surface area contributed by atoms with E-state index in [4.69, 9.17) is 9.84 Å². The highest BCUT2D eigenvalue weighted by molar-refractivity contribution is 5.93. The molecule has 1 fully saturated rings. The van der Waals surface area contributed by atoms with Gasteiger partial charge in [0.05, 0.1) is 5.56 Å². The zero-order valence-electron chi connectivity index (χ0n) is 11.8. The predicted molar refractivity (Wildman–Crippen MR) is 78.6 cm³/mol. The minimum atomic E-state index is -1.02. The molecule has 21 heavy (non-hydrogen) atoms. The quantitative estimate of drug-likeness (QED) is 0.642. The predicted octanol–water partition coefficient (Wildman–Crippen LogP) is 2.32. The average Bonchev–Trinajstić information content (AvgIpc) is 3.27. The Morgan fingerprint density at radius 1 is 1.33 bits per heavy atom. The van der Waals surface area contributed by atoms with Gasteiger partial charge in [-0.25, -0.2) is 9.59 Å². The third-order valence-corrected chi connectivity index (χ3v) is 3.17. The molecule has 0 aromatic heterocycles. The van der Waals surface area contributed by atoms with Gasteiger partial charge in [-0.2, -0.15) is 0 Å². The highest BCUT2D eigenvalue weighted by Gasteiger charge is 2.20. The number of hydrogen-bond donors (Lipinski definition) is 3. The summed E-state index contributed by atoms with van der Waals surface area (Å²) in [6, 6.07) is 5.78. The topological polar surface area (TPSA) is 87.7 Å². The number of carbonyl (C=O) groups excluding carboxylic acids is 1. The number of nitrogens with one attached hydrogen (secondary N) is 2. The van der Waals surface area contributed by atoms with Gasteiger partial charge in [0.25, 0.3) is 0 Å². The first-order valence-corrected chi connectivity index (χ1v) is 7.11. The first kappa shape index (κ1) is 15.3. The van der Waals surface area contributed by atoms with E-state index in [-0.39, 0.29) is 11.6 Å². The maximum absolute atomic E-state index is 11.6. The van der Waals surface area contributed by atoms with Crippen LogP contribution in [0.25, 0.3) is 0 Å². The summed E-state index contributed by atoms with van der Waals surface area (Å²) in [5.41, 5.74) is 0.596. The SMILES string of the molecule is O=C(NCCCOCC1CC1)Nc1cccc(C(=O)O)c1. The molecule has 6 nitrogen and oxygen atoms in total. The Bertz CT molecular complexity index is 500. The van der Waals surface area contributed by atoms with E-state index in [1.165, 1.54) is 25.0 Å². The number of ether oxygens (including phenoxy) is 1. The number of aromatic carboxylic acids is 1. The van der Waals surface area contributed by atoms with Crippen LogP contribution in [0.3, 0.4) is 0 Å². The van der Waals surface area contributed by atoms with Crippen molar-refractivity contribution < 1.29 is 19.4 Å². The van der Waals surface area contributed by atoms with E-state index >= 15 is 0 Å². The van der Waals surface area contributed by atoms with Gasteiger partial charge in [0.1, 0.15) is 0 Å². The molecule has 1 saturated carbocycles. The third kappa shape index (κ3) is 5.83. The van der Waals surface area contributed by atoms with Crippen LogP contribution in [0.4, 0.5) is 10.5 Å². The molecule has 0 saturated heterocycles. The van der Waals surface area contributed by atoms with Crippen molar-refractivity contribution in [1.82, 2.24) is 5.32 Å². The highest BCUT2D eigenvalue weighted by Crippen LogP contribution is 2.28. The molecule has 6 heteroatoms. The second-order valence-electron chi connectivity index (χ2n) is 5.14. The second kappa shape index (κ2) is 7.64. The van der Waals surface area contributed by atoms with E-state index in [0.29, 0.717) is 18.8 Å². The minimum Gasteiger partial charge on any atom is -0.478 e. The van der Waals surface area contributed by atoms with Crippen molar-refractivity contribution in [3.63, 3.8) is 0 Å². The number of rotatable bonds is 8. The molecule has 2 amide bonds. The Labute approximate surface area is 123 Å². The lowest BCUT2D eigenvalue weighted by Crippen LogP contribution is -2.30. The van der Waals surface area contributed by atoms with E-state index < -0.39 is 5.97 Å². The summed E-state index contributed by atoms with van der Waals surface area (Å²) in [7, 11) is 0. The number of urea groups is 1. The Balaban J connectivity index is 1.61. The fourth-order valence-corrected chi connectivity index (χ4v) is 1.82. The number of benzene rings is 1. The maximum Gasteiger partial charge on any atom is 0.335 e. The molecular weight excluding hydrogens is 272 g/mol. The molecule has 1 aromatic rings. The van der Waals surface area contributed by atoms with E-state index in [1.807, 2.05) is 0 Å². The fourth-order valence-electron chi connectivity index (χ4n) is 1.82. The van der Waals surface area contributed by atoms with Gasteiger partial charge in [0, 0.05) is 25.4 Å². The van der Waals surface area contributed by atoms with Gasteiger partial charge >= 0.3 is 12.0 Å². The van der Waals surface area contributed by atoms with Crippen molar-refractivity contribution in [3.05, 3.63) is 29.8 Å². The molecule has 1 aromatic carbocycles. The molecule has 0 heterocycles. The van der Waals surface area contributed by atoms with Crippen LogP contribution < -0.4 is 10.6 Å². The summed E-state index contributed by atoms with van der Waals surface area (Å²) >= 11 is 0. The number of carboxylic acids is 1. The molecule has 0 radical (unpaired) electrons. The zero-order valence-corrected chi connectivity index (χ0v) is 11.8. The lowest BCUT2D eigenvalue weighted by molar-refractivity contribution is 0.0697. The van der Waals surface area contributed by atoms with Crippen molar-refractivity contribution in [2.45, 2.75) is 19.3 Å². The number of amides is 2. The second-order valence-corrected chi connectivity index (χ2v) is 5.14. The highest BCUT2D eigenvalue weighted by atomic mass is 16.5. The number of carbonyl (C=O) groups is 2. The molecule has 1 aliphatic carbocycles. The van der Waals surface area contributed by atoms with Crippen LogP contribution in [-0.4, -0.2) is 36.9 Å². The maximum atomic E-state index is 11.6. The summed E-state index contributed by atoms with van der Waals surface area (Å²) in [5, 5.41) is 14.2. The average molecular weight is 292 g/mol. The molecule has 1 aliphatic rings. The molecule has 0 atom stereocenters. The van der Waals surface area contributed by atoms with Crippen molar-refractivity contribution in [3.8, 4) is 0 Å². The van der Waals surface area contributed by atoms with Crippen molar-refractivity contribution in [2.24, 2.45) is 5.92 Å². The smallest absolute Gasteiger partial charge is 0.335 e. The molecule has 2 rings (SSSR count). The fraction of sp³-hybridized carbons (Fsp3) is 0.467. The first-order chi connectivity index (χ1) is 10.1. The van der Waals surface area contributed by atoms with Crippen LogP contribution in [-0.2, 0) is 4.74 Å². The standard InChI is InChI=1S/C15H20N2O4/c18-14(19)12-3-1-4-13(9-12)17-15(20)16-7-2-8-21-10-11-5-6-11/h1,3-4,9,11H,2,5-8,10H2,(H,18,19)(H2,16,17,20). The molecule has 0 bridgehead atoms. The van der Waals surface area contributed by atoms with Crippen LogP contribution in [0.1, 0.15) is 29.6 Å². The van der Waals surface area contributed by atoms with Crippen LogP contribution in [0, 0.1) is 5.92 Å². The van der Waals surface area contributed by atoms with Gasteiger partial charge in [-0.15, -0.1) is 0 Å². The van der Waals surface area contributed by atoms with E-state index in [9.17, 15) is 9.59 Å². The summed E-state index contributed by atoms with van der Waals surface area (Å²) in [5.74, 6) is -0.269. The lowest BCUT2D eigenvalue weighted by atomic mass is 10.2. The normalized spacial score (nSPS) is 13.7. The van der Waals surface area contributed by atoms with Gasteiger partial charge < -0.3 is 20.5 Å². The summed E-state index contributed by atoms with van der Waals surface area (Å²) < 4.78 is 5.46. The van der Waals surface area contributed by atoms with Gasteiger partial charge in [0.2, 0.25) is 0 Å². The monoisotopic (exact) mass is 292 g/mol. The van der Waals surface area contributed by atoms with Gasteiger partial charge in [-0.05, 0) is 43.4 Å². The Kier molecular flexibility index (Phi) is 5.57. The van der Waals surface area contributed by atoms with Crippen molar-refractivity contribution in [1.29, 1.82) is 0 Å². The molecule has 114 valence electrons. The third-order valence-electron chi connectivity index (χ3n) is 3.17. The van der Waals surface area contributed by atoms with E-state index in [2.05, 4.69) is 10.6 Å². The van der Waals surface area contributed by atoms with Gasteiger partial charge in [0.15, 0.2) is 0 Å². The van der Waals surface area contributed by atoms with Crippen LogP contribution in [0.2, 0.25) is 0 Å². The van der Waals surface area contributed by atoms with Crippen LogP contribution in [0.15, 0.2) is 24.3 Å². The molecular formula is C15H20N2O4. The van der Waals surface area contributed by atoms with Crippen LogP contribution in [0.5, 0.6) is 0 Å². The van der Waals surface area contributed by atoms with Gasteiger partial charge in [-0.1, -0.05) is 6.07 Å². The molecule has 0 aliphatic heterocycles. The van der Waals surface area contributed by atoms with Crippen molar-refractivity contribution in [2.75, 3.05) is 25.1 Å². The largest absolute Gasteiger partial charge is 0.478 e. The Morgan fingerprint density at radius 2 is 2.14 bits per heavy atom. The minimum absolute atomic E-state index is 0.140. The number of hydrogen-bond acceptors (Lipinski definition) is 3. The van der Waals surface area contributed by atoms with E-state index in [0.717, 1.165) is 18.9 Å². The summed E-state index contributed by atoms with van der Waals surface area (Å²) in [6.07, 6.45) is 3.31.